The molecule has 0 aromatic carbocycles. The summed E-state index contributed by atoms with van der Waals surface area (Å²) < 4.78 is 0. The Bertz CT molecular complexity index is 151. The first-order chi connectivity index (χ1) is 5.43. The van der Waals surface area contributed by atoms with Crippen molar-refractivity contribution in [3.05, 3.63) is 6.54 Å². The summed E-state index contributed by atoms with van der Waals surface area (Å²) in [6, 6.07) is 0. The zero-order valence-electron chi connectivity index (χ0n) is 8.27. The molecule has 0 aromatic rings. The SMILES string of the molecule is CCC#C[CH-]N1CCCCC1.[Li+]. The van der Waals surface area contributed by atoms with Gasteiger partial charge < -0.3 is 10.8 Å². The Kier molecular flexibility index (Phi) is 7.62. The van der Waals surface area contributed by atoms with E-state index in [4.69, 9.17) is 0 Å². The molecule has 2 heteroatoms. The Labute approximate surface area is 88.1 Å². The minimum Gasteiger partial charge on any atom is -0.352 e. The summed E-state index contributed by atoms with van der Waals surface area (Å²) in [6.45, 7) is 6.54. The van der Waals surface area contributed by atoms with Crippen molar-refractivity contribution in [1.29, 1.82) is 0 Å². The molecule has 0 atom stereocenters. The van der Waals surface area contributed by atoms with Crippen LogP contribution in [0.3, 0.4) is 0 Å². The van der Waals surface area contributed by atoms with Crippen molar-refractivity contribution in [1.82, 2.24) is 4.90 Å². The Morgan fingerprint density at radius 1 is 1.25 bits per heavy atom. The van der Waals surface area contributed by atoms with E-state index in [1.165, 1.54) is 32.4 Å². The van der Waals surface area contributed by atoms with Crippen LogP contribution >= 0.6 is 0 Å². The maximum atomic E-state index is 3.06. The second-order valence-corrected chi connectivity index (χ2v) is 2.90. The van der Waals surface area contributed by atoms with Gasteiger partial charge in [-0.05, 0) is 25.9 Å². The van der Waals surface area contributed by atoms with Crippen molar-refractivity contribution in [2.45, 2.75) is 32.6 Å². The van der Waals surface area contributed by atoms with Gasteiger partial charge in [-0.3, -0.25) is 5.92 Å². The fourth-order valence-electron chi connectivity index (χ4n) is 1.29. The van der Waals surface area contributed by atoms with Gasteiger partial charge in [0.25, 0.3) is 0 Å². The minimum atomic E-state index is 0. The van der Waals surface area contributed by atoms with Gasteiger partial charge in [-0.1, -0.05) is 19.8 Å². The standard InChI is InChI=1S/C10H16N.Li/c1-2-3-5-8-11-9-6-4-7-10-11;/h8H,2,4,6-7,9-10H2,1H3;/q-1;+1. The zero-order chi connectivity index (χ0) is 7.94. The molecule has 1 aliphatic rings. The molecule has 0 spiro atoms. The molecular weight excluding hydrogens is 141 g/mol. The Balaban J connectivity index is 0.00000121. The quantitative estimate of drug-likeness (QED) is 0.269. The number of rotatable bonds is 1. The van der Waals surface area contributed by atoms with Crippen LogP contribution in [-0.4, -0.2) is 18.0 Å². The minimum absolute atomic E-state index is 0. The average molecular weight is 157 g/mol. The third-order valence-electron chi connectivity index (χ3n) is 1.92. The van der Waals surface area contributed by atoms with E-state index in [1.807, 2.05) is 6.54 Å². The number of piperidine rings is 1. The number of nitrogens with zero attached hydrogens (tertiary/aromatic N) is 1. The van der Waals surface area contributed by atoms with Crippen LogP contribution in [-0.2, 0) is 0 Å². The predicted molar refractivity (Wildman–Crippen MR) is 47.8 cm³/mol. The summed E-state index contributed by atoms with van der Waals surface area (Å²) >= 11 is 0. The maximum absolute atomic E-state index is 3.06. The summed E-state index contributed by atoms with van der Waals surface area (Å²) in [5.74, 6) is 6.10. The Morgan fingerprint density at radius 2 is 1.92 bits per heavy atom. The van der Waals surface area contributed by atoms with Crippen molar-refractivity contribution >= 4 is 0 Å². The second-order valence-electron chi connectivity index (χ2n) is 2.90. The molecule has 0 unspecified atom stereocenters. The van der Waals surface area contributed by atoms with Crippen LogP contribution in [0.25, 0.3) is 0 Å². The van der Waals surface area contributed by atoms with Gasteiger partial charge in [0.2, 0.25) is 0 Å². The van der Waals surface area contributed by atoms with Gasteiger partial charge in [0.05, 0.1) is 0 Å². The van der Waals surface area contributed by atoms with Crippen molar-refractivity contribution in [2.24, 2.45) is 0 Å². The maximum Gasteiger partial charge on any atom is 1.00 e. The van der Waals surface area contributed by atoms with Crippen LogP contribution < -0.4 is 18.9 Å². The van der Waals surface area contributed by atoms with Gasteiger partial charge in [-0.2, -0.15) is 0 Å². The van der Waals surface area contributed by atoms with Crippen LogP contribution in [0.5, 0.6) is 0 Å². The molecule has 0 aliphatic carbocycles. The smallest absolute Gasteiger partial charge is 0.352 e. The zero-order valence-corrected chi connectivity index (χ0v) is 8.27. The van der Waals surface area contributed by atoms with Crippen molar-refractivity contribution in [3.63, 3.8) is 0 Å². The normalized spacial score (nSPS) is 17.1. The van der Waals surface area contributed by atoms with E-state index < -0.39 is 0 Å². The summed E-state index contributed by atoms with van der Waals surface area (Å²) in [6.07, 6.45) is 5.03. The summed E-state index contributed by atoms with van der Waals surface area (Å²) in [5, 5.41) is 0. The first-order valence-corrected chi connectivity index (χ1v) is 4.49. The van der Waals surface area contributed by atoms with E-state index in [0.29, 0.717) is 0 Å². The largest absolute Gasteiger partial charge is 1.00 e. The first kappa shape index (κ1) is 12.0. The summed E-state index contributed by atoms with van der Waals surface area (Å²) in [7, 11) is 0. The molecule has 1 saturated heterocycles. The molecule has 62 valence electrons. The summed E-state index contributed by atoms with van der Waals surface area (Å²) in [4.78, 5) is 2.33. The first-order valence-electron chi connectivity index (χ1n) is 4.49. The van der Waals surface area contributed by atoms with Crippen LogP contribution in [0.1, 0.15) is 32.6 Å². The van der Waals surface area contributed by atoms with Gasteiger partial charge in [0, 0.05) is 0 Å². The van der Waals surface area contributed by atoms with Crippen LogP contribution in [0.4, 0.5) is 0 Å². The van der Waals surface area contributed by atoms with E-state index in [2.05, 4.69) is 23.7 Å². The van der Waals surface area contributed by atoms with Crippen molar-refractivity contribution in [2.75, 3.05) is 13.1 Å². The topological polar surface area (TPSA) is 3.24 Å². The third kappa shape index (κ3) is 4.78. The summed E-state index contributed by atoms with van der Waals surface area (Å²) in [5.41, 5.74) is 0. The van der Waals surface area contributed by atoms with Crippen molar-refractivity contribution < 1.29 is 18.9 Å². The van der Waals surface area contributed by atoms with Crippen LogP contribution in [0, 0.1) is 18.4 Å². The van der Waals surface area contributed by atoms with Gasteiger partial charge in [0.15, 0.2) is 0 Å². The van der Waals surface area contributed by atoms with E-state index >= 15 is 0 Å². The second kappa shape index (κ2) is 7.63. The van der Waals surface area contributed by atoms with E-state index in [9.17, 15) is 0 Å². The van der Waals surface area contributed by atoms with E-state index in [-0.39, 0.29) is 18.9 Å². The number of hydrogen-bond donors (Lipinski definition) is 0. The van der Waals surface area contributed by atoms with Gasteiger partial charge in [-0.15, -0.1) is 6.54 Å². The molecule has 1 rings (SSSR count). The fraction of sp³-hybridized carbons (Fsp3) is 0.700. The molecule has 1 nitrogen and oxygen atoms in total. The molecule has 1 heterocycles. The molecule has 1 fully saturated rings. The van der Waals surface area contributed by atoms with Crippen molar-refractivity contribution in [3.8, 4) is 11.8 Å². The molecule has 1 aliphatic heterocycles. The van der Waals surface area contributed by atoms with Gasteiger partial charge in [-0.25, -0.2) is 0 Å². The molecule has 0 N–H and O–H groups in total. The van der Waals surface area contributed by atoms with Gasteiger partial charge in [0.1, 0.15) is 0 Å². The average Bonchev–Trinajstić information content (AvgIpc) is 2.07. The predicted octanol–water partition coefficient (Wildman–Crippen LogP) is -0.949. The molecule has 0 bridgehead atoms. The van der Waals surface area contributed by atoms with Crippen LogP contribution in [0.2, 0.25) is 0 Å². The van der Waals surface area contributed by atoms with E-state index in [0.717, 1.165) is 6.42 Å². The Hall–Kier alpha value is -0.0126. The number of likely N-dealkylation sites (tertiary alicyclic amines) is 1. The molecular formula is C10H16LiN. The molecule has 12 heavy (non-hydrogen) atoms. The molecule has 0 aromatic heterocycles. The third-order valence-corrected chi connectivity index (χ3v) is 1.92. The molecule has 0 radical (unpaired) electrons. The van der Waals surface area contributed by atoms with Crippen LogP contribution in [0.15, 0.2) is 0 Å². The van der Waals surface area contributed by atoms with E-state index in [1.54, 1.807) is 0 Å². The molecule has 0 saturated carbocycles. The number of hydrogen-bond acceptors (Lipinski definition) is 1. The fourth-order valence-corrected chi connectivity index (χ4v) is 1.29. The monoisotopic (exact) mass is 157 g/mol. The Morgan fingerprint density at radius 3 is 2.50 bits per heavy atom. The molecule has 0 amide bonds. The van der Waals surface area contributed by atoms with Gasteiger partial charge >= 0.3 is 18.9 Å².